The van der Waals surface area contributed by atoms with Crippen LogP contribution in [0.3, 0.4) is 0 Å². The maximum atomic E-state index is 5.45. The second kappa shape index (κ2) is 6.25. The standard InChI is InChI=1S/C29H23NS/c1-3-4-5-6-17(2)30-25-15-20-9-7-18(20)13-23(25)22-11-12-26-28(29(22)30)24-14-19-8-10-21(19)16-27(24)31-26/h1,4-6,11-16,23,25H,7-10H2,2H3/b5-4-,17-6+. The molecule has 0 bridgehead atoms. The smallest absolute Gasteiger partial charge is 0.0629 e. The molecule has 2 unspecified atom stereocenters. The van der Waals surface area contributed by atoms with E-state index >= 15 is 0 Å². The van der Waals surface area contributed by atoms with Gasteiger partial charge in [0.25, 0.3) is 0 Å². The Bertz CT molecular complexity index is 1470. The number of nitrogens with zero attached hydrogens (tertiary/aromatic N) is 1. The molecule has 7 rings (SSSR count). The van der Waals surface area contributed by atoms with E-state index in [2.05, 4.69) is 60.2 Å². The third-order valence-corrected chi connectivity index (χ3v) is 8.75. The molecule has 3 aliphatic carbocycles. The summed E-state index contributed by atoms with van der Waals surface area (Å²) in [7, 11) is 0. The van der Waals surface area contributed by atoms with Crippen molar-refractivity contribution in [3.05, 3.63) is 88.2 Å². The average Bonchev–Trinajstić information content (AvgIpc) is 3.25. The van der Waals surface area contributed by atoms with Crippen LogP contribution in [-0.4, -0.2) is 6.04 Å². The van der Waals surface area contributed by atoms with Crippen LogP contribution in [0.4, 0.5) is 5.69 Å². The number of rotatable bonds is 2. The summed E-state index contributed by atoms with van der Waals surface area (Å²) < 4.78 is 2.83. The van der Waals surface area contributed by atoms with Gasteiger partial charge in [-0.1, -0.05) is 30.2 Å². The topological polar surface area (TPSA) is 3.24 Å². The highest BCUT2D eigenvalue weighted by atomic mass is 32.1. The monoisotopic (exact) mass is 417 g/mol. The normalized spacial score (nSPS) is 23.5. The van der Waals surface area contributed by atoms with Crippen LogP contribution in [0.5, 0.6) is 0 Å². The minimum Gasteiger partial charge on any atom is -0.337 e. The minimum absolute atomic E-state index is 0.358. The molecule has 1 aliphatic heterocycles. The maximum Gasteiger partial charge on any atom is 0.0629 e. The van der Waals surface area contributed by atoms with E-state index in [9.17, 15) is 0 Å². The Kier molecular flexibility index (Phi) is 3.56. The highest BCUT2D eigenvalue weighted by Gasteiger charge is 2.42. The van der Waals surface area contributed by atoms with Crippen molar-refractivity contribution in [2.24, 2.45) is 0 Å². The number of hydrogen-bond acceptors (Lipinski definition) is 2. The first kappa shape index (κ1) is 17.6. The van der Waals surface area contributed by atoms with Gasteiger partial charge in [0.15, 0.2) is 0 Å². The Labute approximate surface area is 187 Å². The van der Waals surface area contributed by atoms with E-state index in [-0.39, 0.29) is 0 Å². The number of benzene rings is 2. The molecule has 0 N–H and O–H groups in total. The molecule has 3 aromatic rings. The summed E-state index contributed by atoms with van der Waals surface area (Å²) in [5.41, 5.74) is 10.3. The van der Waals surface area contributed by atoms with Gasteiger partial charge in [-0.25, -0.2) is 0 Å². The molecule has 0 radical (unpaired) electrons. The highest BCUT2D eigenvalue weighted by molar-refractivity contribution is 7.26. The van der Waals surface area contributed by atoms with Crippen molar-refractivity contribution in [3.8, 4) is 12.3 Å². The number of hydrogen-bond donors (Lipinski definition) is 0. The van der Waals surface area contributed by atoms with Gasteiger partial charge in [-0.15, -0.1) is 17.8 Å². The molecule has 2 heteroatoms. The van der Waals surface area contributed by atoms with Crippen molar-refractivity contribution in [1.82, 2.24) is 0 Å². The molecule has 2 aromatic carbocycles. The van der Waals surface area contributed by atoms with Gasteiger partial charge in [0.1, 0.15) is 0 Å². The summed E-state index contributed by atoms with van der Waals surface area (Å²) in [5, 5.41) is 2.88. The lowest BCUT2D eigenvalue weighted by Gasteiger charge is -2.35. The van der Waals surface area contributed by atoms with E-state index < -0.39 is 0 Å². The summed E-state index contributed by atoms with van der Waals surface area (Å²) in [4.78, 5) is 2.59. The molecule has 0 saturated heterocycles. The quantitative estimate of drug-likeness (QED) is 0.315. The van der Waals surface area contributed by atoms with Gasteiger partial charge in [0.05, 0.1) is 11.7 Å². The van der Waals surface area contributed by atoms with E-state index in [1.165, 1.54) is 62.8 Å². The van der Waals surface area contributed by atoms with Crippen molar-refractivity contribution in [2.75, 3.05) is 4.90 Å². The third kappa shape index (κ3) is 2.33. The van der Waals surface area contributed by atoms with Crippen LogP contribution >= 0.6 is 11.3 Å². The van der Waals surface area contributed by atoms with Crippen molar-refractivity contribution >= 4 is 37.2 Å². The summed E-state index contributed by atoms with van der Waals surface area (Å²) in [6.45, 7) is 2.23. The number of allylic oxidation sites excluding steroid dienone is 6. The van der Waals surface area contributed by atoms with E-state index in [0.717, 1.165) is 0 Å². The first-order valence-electron chi connectivity index (χ1n) is 11.2. The zero-order valence-electron chi connectivity index (χ0n) is 17.6. The van der Waals surface area contributed by atoms with Crippen molar-refractivity contribution in [3.63, 3.8) is 0 Å². The summed E-state index contributed by atoms with van der Waals surface area (Å²) in [6, 6.07) is 10.0. The SMILES string of the molecule is C#C/C=C\C=C(/C)N1c2c(ccc3sc4cc5c(cc4c23)CC5)C2C=C3CCC3=CC21. The Morgan fingerprint density at radius 3 is 2.65 bits per heavy atom. The van der Waals surface area contributed by atoms with E-state index in [4.69, 9.17) is 6.42 Å². The summed E-state index contributed by atoms with van der Waals surface area (Å²) in [6.07, 6.45) is 21.4. The lowest BCUT2D eigenvalue weighted by Crippen LogP contribution is -2.33. The van der Waals surface area contributed by atoms with Crippen molar-refractivity contribution < 1.29 is 0 Å². The molecule has 0 amide bonds. The van der Waals surface area contributed by atoms with Crippen LogP contribution in [0.25, 0.3) is 20.2 Å². The molecule has 1 nitrogen and oxygen atoms in total. The highest BCUT2D eigenvalue weighted by Crippen LogP contribution is 2.55. The number of thiophene rings is 1. The first-order chi connectivity index (χ1) is 15.2. The predicted octanol–water partition coefficient (Wildman–Crippen LogP) is 7.18. The number of anilines is 1. The lowest BCUT2D eigenvalue weighted by atomic mass is 9.75. The fourth-order valence-electron chi connectivity index (χ4n) is 5.90. The van der Waals surface area contributed by atoms with Crippen LogP contribution in [0, 0.1) is 12.3 Å². The third-order valence-electron chi connectivity index (χ3n) is 7.63. The fourth-order valence-corrected chi connectivity index (χ4v) is 7.05. The van der Waals surface area contributed by atoms with Crippen LogP contribution in [-0.2, 0) is 12.8 Å². The Balaban J connectivity index is 1.52. The summed E-state index contributed by atoms with van der Waals surface area (Å²) >= 11 is 1.95. The zero-order chi connectivity index (χ0) is 20.7. The van der Waals surface area contributed by atoms with Gasteiger partial charge in [0, 0.05) is 31.8 Å². The largest absolute Gasteiger partial charge is 0.337 e. The number of aryl methyl sites for hydroxylation is 2. The van der Waals surface area contributed by atoms with Crippen LogP contribution in [0.2, 0.25) is 0 Å². The molecular weight excluding hydrogens is 394 g/mol. The zero-order valence-corrected chi connectivity index (χ0v) is 18.4. The molecule has 1 fully saturated rings. The van der Waals surface area contributed by atoms with Gasteiger partial charge in [0.2, 0.25) is 0 Å². The van der Waals surface area contributed by atoms with Crippen LogP contribution in [0.15, 0.2) is 71.5 Å². The van der Waals surface area contributed by atoms with Crippen molar-refractivity contribution in [2.45, 2.75) is 44.6 Å². The second-order valence-electron chi connectivity index (χ2n) is 9.20. The predicted molar refractivity (Wildman–Crippen MR) is 133 cm³/mol. The minimum atomic E-state index is 0.358. The van der Waals surface area contributed by atoms with E-state index in [1.807, 2.05) is 17.4 Å². The molecule has 1 aromatic heterocycles. The lowest BCUT2D eigenvalue weighted by molar-refractivity contribution is 0.666. The summed E-state index contributed by atoms with van der Waals surface area (Å²) in [5.74, 6) is 3.05. The second-order valence-corrected chi connectivity index (χ2v) is 10.3. The fraction of sp³-hybridized carbons (Fsp3) is 0.241. The molecular formula is C29H23NS. The molecule has 31 heavy (non-hydrogen) atoms. The number of terminal acetylenes is 1. The Morgan fingerprint density at radius 1 is 1.06 bits per heavy atom. The Morgan fingerprint density at radius 2 is 1.87 bits per heavy atom. The molecule has 150 valence electrons. The average molecular weight is 418 g/mol. The molecule has 4 aliphatic rings. The van der Waals surface area contributed by atoms with Crippen LogP contribution < -0.4 is 4.90 Å². The molecule has 2 heterocycles. The van der Waals surface area contributed by atoms with Gasteiger partial charge < -0.3 is 4.90 Å². The van der Waals surface area contributed by atoms with E-state index in [1.54, 1.807) is 28.3 Å². The molecule has 1 saturated carbocycles. The molecule has 0 spiro atoms. The Hall–Kier alpha value is -3.02. The van der Waals surface area contributed by atoms with Gasteiger partial charge in [-0.05, 0) is 90.8 Å². The van der Waals surface area contributed by atoms with Crippen molar-refractivity contribution in [1.29, 1.82) is 0 Å². The molecule has 2 atom stereocenters. The maximum absolute atomic E-state index is 5.45. The van der Waals surface area contributed by atoms with Crippen LogP contribution in [0.1, 0.15) is 42.4 Å². The van der Waals surface area contributed by atoms with Gasteiger partial charge in [-0.2, -0.15) is 0 Å². The first-order valence-corrected chi connectivity index (χ1v) is 12.1. The van der Waals surface area contributed by atoms with E-state index in [0.29, 0.717) is 12.0 Å². The van der Waals surface area contributed by atoms with Gasteiger partial charge >= 0.3 is 0 Å². The van der Waals surface area contributed by atoms with Gasteiger partial charge in [-0.3, -0.25) is 0 Å². The number of fused-ring (bicyclic) bond motifs is 9.